The smallest absolute Gasteiger partial charge is 0.369 e. The van der Waals surface area contributed by atoms with Gasteiger partial charge in [-0.15, -0.1) is 0 Å². The second-order valence-electron chi connectivity index (χ2n) is 5.96. The molecule has 0 unspecified atom stereocenters. The number of nitrogens with zero attached hydrogens (tertiary/aromatic N) is 3. The second kappa shape index (κ2) is 8.13. The van der Waals surface area contributed by atoms with Crippen molar-refractivity contribution < 1.29 is 13.2 Å². The maximum Gasteiger partial charge on any atom is 0.416 e. The topological polar surface area (TPSA) is 52.2 Å². The van der Waals surface area contributed by atoms with Crippen LogP contribution in [-0.2, 0) is 6.18 Å². The molecule has 5 nitrogen and oxygen atoms in total. The average molecular weight is 384 g/mol. The van der Waals surface area contributed by atoms with Gasteiger partial charge in [-0.3, -0.25) is 9.69 Å². The van der Waals surface area contributed by atoms with Crippen LogP contribution in [-0.4, -0.2) is 53.3 Å². The van der Waals surface area contributed by atoms with E-state index in [0.29, 0.717) is 23.9 Å². The van der Waals surface area contributed by atoms with Gasteiger partial charge in [0.05, 0.1) is 5.56 Å². The van der Waals surface area contributed by atoms with Crippen LogP contribution in [0.2, 0.25) is 0 Å². The summed E-state index contributed by atoms with van der Waals surface area (Å²) in [6.45, 7) is 3.78. The summed E-state index contributed by atoms with van der Waals surface area (Å²) in [6.07, 6.45) is -2.84. The molecule has 0 bridgehead atoms. The van der Waals surface area contributed by atoms with E-state index in [-0.39, 0.29) is 5.56 Å². The van der Waals surface area contributed by atoms with Gasteiger partial charge in [0, 0.05) is 56.4 Å². The summed E-state index contributed by atoms with van der Waals surface area (Å²) in [7, 11) is 0. The zero-order chi connectivity index (χ0) is 18.6. The number of H-pyrrole nitrogens is 1. The SMILES string of the molecule is O=c1ccnc(SCCN2CCN(c3cccc(C(F)(F)F)c3)CC2)[nH]1. The van der Waals surface area contributed by atoms with Crippen LogP contribution in [0.3, 0.4) is 0 Å². The number of rotatable bonds is 5. The Kier molecular flexibility index (Phi) is 5.87. The van der Waals surface area contributed by atoms with E-state index in [1.54, 1.807) is 6.07 Å². The highest BCUT2D eigenvalue weighted by Gasteiger charge is 2.31. The fourth-order valence-electron chi connectivity index (χ4n) is 2.81. The van der Waals surface area contributed by atoms with Gasteiger partial charge >= 0.3 is 6.18 Å². The van der Waals surface area contributed by atoms with Crippen molar-refractivity contribution in [1.82, 2.24) is 14.9 Å². The van der Waals surface area contributed by atoms with Gasteiger partial charge in [0.2, 0.25) is 0 Å². The molecule has 1 N–H and O–H groups in total. The molecular weight excluding hydrogens is 365 g/mol. The van der Waals surface area contributed by atoms with E-state index in [2.05, 4.69) is 14.9 Å². The van der Waals surface area contributed by atoms with E-state index in [9.17, 15) is 18.0 Å². The van der Waals surface area contributed by atoms with Crippen molar-refractivity contribution in [2.45, 2.75) is 11.3 Å². The Bertz CT molecular complexity index is 788. The quantitative estimate of drug-likeness (QED) is 0.635. The highest BCUT2D eigenvalue weighted by atomic mass is 32.2. The van der Waals surface area contributed by atoms with Gasteiger partial charge in [-0.2, -0.15) is 13.2 Å². The number of nitrogens with one attached hydrogen (secondary N) is 1. The van der Waals surface area contributed by atoms with Gasteiger partial charge in [0.25, 0.3) is 5.56 Å². The minimum Gasteiger partial charge on any atom is -0.369 e. The van der Waals surface area contributed by atoms with Crippen LogP contribution in [0.1, 0.15) is 5.56 Å². The molecule has 0 amide bonds. The summed E-state index contributed by atoms with van der Waals surface area (Å²) in [6, 6.07) is 6.85. The van der Waals surface area contributed by atoms with Crippen LogP contribution >= 0.6 is 11.8 Å². The van der Waals surface area contributed by atoms with Crippen molar-refractivity contribution in [1.29, 1.82) is 0 Å². The molecule has 0 aliphatic carbocycles. The molecule has 1 aliphatic heterocycles. The van der Waals surface area contributed by atoms with Gasteiger partial charge in [-0.1, -0.05) is 17.8 Å². The lowest BCUT2D eigenvalue weighted by molar-refractivity contribution is -0.137. The van der Waals surface area contributed by atoms with Crippen LogP contribution in [0.5, 0.6) is 0 Å². The first kappa shape index (κ1) is 18.8. The normalized spacial score (nSPS) is 16.0. The monoisotopic (exact) mass is 384 g/mol. The Morgan fingerprint density at radius 3 is 2.62 bits per heavy atom. The number of aromatic amines is 1. The number of halogens is 3. The molecule has 1 fully saturated rings. The zero-order valence-corrected chi connectivity index (χ0v) is 14.8. The molecule has 1 aromatic heterocycles. The van der Waals surface area contributed by atoms with Crippen molar-refractivity contribution >= 4 is 17.4 Å². The van der Waals surface area contributed by atoms with Gasteiger partial charge in [-0.05, 0) is 18.2 Å². The Balaban J connectivity index is 1.48. The summed E-state index contributed by atoms with van der Waals surface area (Å²) in [4.78, 5) is 22.2. The Hall–Kier alpha value is -2.00. The maximum absolute atomic E-state index is 12.8. The first-order valence-electron chi connectivity index (χ1n) is 8.24. The maximum atomic E-state index is 12.8. The summed E-state index contributed by atoms with van der Waals surface area (Å²) in [5.41, 5.74) is -0.171. The third-order valence-electron chi connectivity index (χ3n) is 4.21. The minimum atomic E-state index is -4.32. The van der Waals surface area contributed by atoms with Gasteiger partial charge in [0.15, 0.2) is 5.16 Å². The minimum absolute atomic E-state index is 0.169. The highest BCUT2D eigenvalue weighted by Crippen LogP contribution is 2.31. The lowest BCUT2D eigenvalue weighted by Gasteiger charge is -2.36. The Morgan fingerprint density at radius 1 is 1.15 bits per heavy atom. The molecule has 1 aliphatic rings. The molecule has 3 rings (SSSR count). The van der Waals surface area contributed by atoms with Gasteiger partial charge < -0.3 is 9.88 Å². The van der Waals surface area contributed by atoms with Gasteiger partial charge in [-0.25, -0.2) is 4.98 Å². The van der Waals surface area contributed by atoms with Crippen molar-refractivity contribution in [3.05, 3.63) is 52.4 Å². The predicted octanol–water partition coefficient (Wildman–Crippen LogP) is 2.70. The number of aromatic nitrogens is 2. The first-order chi connectivity index (χ1) is 12.4. The van der Waals surface area contributed by atoms with Crippen molar-refractivity contribution in [3.63, 3.8) is 0 Å². The van der Waals surface area contributed by atoms with Crippen LogP contribution in [0.4, 0.5) is 18.9 Å². The molecule has 1 aromatic carbocycles. The molecule has 9 heteroatoms. The van der Waals surface area contributed by atoms with Crippen molar-refractivity contribution in [3.8, 4) is 0 Å². The fourth-order valence-corrected chi connectivity index (χ4v) is 3.66. The molecule has 2 aromatic rings. The van der Waals surface area contributed by atoms with E-state index in [4.69, 9.17) is 0 Å². The first-order valence-corrected chi connectivity index (χ1v) is 9.23. The van der Waals surface area contributed by atoms with Crippen molar-refractivity contribution in [2.24, 2.45) is 0 Å². The molecule has 1 saturated heterocycles. The summed E-state index contributed by atoms with van der Waals surface area (Å²) in [5, 5.41) is 0.597. The molecule has 0 spiro atoms. The average Bonchev–Trinajstić information content (AvgIpc) is 2.62. The van der Waals surface area contributed by atoms with Crippen molar-refractivity contribution in [2.75, 3.05) is 43.4 Å². The molecular formula is C17H19F3N4OS. The Morgan fingerprint density at radius 2 is 1.92 bits per heavy atom. The number of piperazine rings is 1. The zero-order valence-electron chi connectivity index (χ0n) is 14.0. The molecule has 0 saturated carbocycles. The largest absolute Gasteiger partial charge is 0.416 e. The molecule has 26 heavy (non-hydrogen) atoms. The molecule has 140 valence electrons. The van der Waals surface area contributed by atoms with E-state index in [0.717, 1.165) is 31.5 Å². The van der Waals surface area contributed by atoms with E-state index >= 15 is 0 Å². The van der Waals surface area contributed by atoms with Crippen LogP contribution < -0.4 is 10.5 Å². The van der Waals surface area contributed by atoms with Gasteiger partial charge in [0.1, 0.15) is 0 Å². The summed E-state index contributed by atoms with van der Waals surface area (Å²) >= 11 is 1.48. The predicted molar refractivity (Wildman–Crippen MR) is 95.7 cm³/mol. The number of hydrogen-bond acceptors (Lipinski definition) is 5. The van der Waals surface area contributed by atoms with E-state index in [1.165, 1.54) is 36.2 Å². The lowest BCUT2D eigenvalue weighted by Crippen LogP contribution is -2.47. The standard InChI is InChI=1S/C17H19F3N4OS/c18-17(19,20)13-2-1-3-14(12-13)24-8-6-23(7-9-24)10-11-26-16-21-5-4-15(25)22-16/h1-5,12H,6-11H2,(H,21,22,25). The molecule has 2 heterocycles. The lowest BCUT2D eigenvalue weighted by atomic mass is 10.1. The second-order valence-corrected chi connectivity index (χ2v) is 7.05. The third kappa shape index (κ3) is 5.01. The third-order valence-corrected chi connectivity index (χ3v) is 5.07. The highest BCUT2D eigenvalue weighted by molar-refractivity contribution is 7.99. The summed E-state index contributed by atoms with van der Waals surface area (Å²) < 4.78 is 38.5. The molecule has 0 atom stereocenters. The van der Waals surface area contributed by atoms with Crippen LogP contribution in [0.15, 0.2) is 46.5 Å². The number of anilines is 1. The van der Waals surface area contributed by atoms with Crippen LogP contribution in [0.25, 0.3) is 0 Å². The number of benzene rings is 1. The summed E-state index contributed by atoms with van der Waals surface area (Å²) in [5.74, 6) is 0.788. The van der Waals surface area contributed by atoms with E-state index < -0.39 is 11.7 Å². The fraction of sp³-hybridized carbons (Fsp3) is 0.412. The number of thioether (sulfide) groups is 1. The number of alkyl halides is 3. The molecule has 0 radical (unpaired) electrons. The van der Waals surface area contributed by atoms with E-state index in [1.807, 2.05) is 4.90 Å². The Labute approximate surface area is 153 Å². The van der Waals surface area contributed by atoms with Crippen LogP contribution in [0, 0.1) is 0 Å². The number of hydrogen-bond donors (Lipinski definition) is 1.